The van der Waals surface area contributed by atoms with E-state index in [-0.39, 0.29) is 22.0 Å². The van der Waals surface area contributed by atoms with Crippen molar-refractivity contribution in [3.05, 3.63) is 64.2 Å². The molecule has 14 heteroatoms. The molecule has 0 spiro atoms. The average molecular weight is 605 g/mol. The van der Waals surface area contributed by atoms with Gasteiger partial charge in [-0.15, -0.1) is 0 Å². The van der Waals surface area contributed by atoms with Crippen LogP contribution in [-0.4, -0.2) is 41.8 Å². The number of alkyl halides is 6. The van der Waals surface area contributed by atoms with Gasteiger partial charge in [-0.05, 0) is 38.3 Å². The number of amides is 3. The molecule has 3 atom stereocenters. The first-order valence-corrected chi connectivity index (χ1v) is 12.8. The highest BCUT2D eigenvalue weighted by Gasteiger charge is 2.57. The Morgan fingerprint density at radius 3 is 2.20 bits per heavy atom. The standard InChI is InChI=1S/C27H27ClF6N4O3/c1-14-5-2-6-15(13-14)19-16-7-3-9-18(28)20(16)38-23(40)21(37-19)25(24(36)41,11-12-27(32,33)34)17(22(35)39)8-4-10-26(29,30)31/h2-3,5-7,9,13,17,21H,4,8,10-12H2,1H3,(H2,35,39)(H2,36,41)(H,38,40)/t17?,21-,25?/m1/s1. The normalized spacial score (nSPS) is 17.9. The predicted molar refractivity (Wildman–Crippen MR) is 140 cm³/mol. The maximum atomic E-state index is 13.7. The molecule has 5 N–H and O–H groups in total. The molecule has 2 unspecified atom stereocenters. The van der Waals surface area contributed by atoms with E-state index >= 15 is 0 Å². The van der Waals surface area contributed by atoms with E-state index in [4.69, 9.17) is 23.1 Å². The molecule has 0 bridgehead atoms. The van der Waals surface area contributed by atoms with Gasteiger partial charge >= 0.3 is 12.4 Å². The molecule has 0 saturated heterocycles. The van der Waals surface area contributed by atoms with Crippen LogP contribution in [0.25, 0.3) is 0 Å². The van der Waals surface area contributed by atoms with Crippen LogP contribution in [-0.2, 0) is 14.4 Å². The number of halogens is 7. The van der Waals surface area contributed by atoms with Gasteiger partial charge in [0.2, 0.25) is 17.7 Å². The Morgan fingerprint density at radius 2 is 1.63 bits per heavy atom. The lowest BCUT2D eigenvalue weighted by Crippen LogP contribution is -2.58. The molecule has 41 heavy (non-hydrogen) atoms. The van der Waals surface area contributed by atoms with Crippen LogP contribution in [0.15, 0.2) is 47.5 Å². The summed E-state index contributed by atoms with van der Waals surface area (Å²) in [6, 6.07) is 9.07. The summed E-state index contributed by atoms with van der Waals surface area (Å²) < 4.78 is 79.5. The zero-order valence-electron chi connectivity index (χ0n) is 21.7. The number of para-hydroxylation sites is 1. The number of hydrogen-bond acceptors (Lipinski definition) is 4. The summed E-state index contributed by atoms with van der Waals surface area (Å²) in [5.74, 6) is -6.07. The van der Waals surface area contributed by atoms with Crippen molar-refractivity contribution in [3.8, 4) is 0 Å². The van der Waals surface area contributed by atoms with Crippen LogP contribution < -0.4 is 16.8 Å². The number of hydrogen-bond donors (Lipinski definition) is 3. The molecule has 2 aromatic rings. The summed E-state index contributed by atoms with van der Waals surface area (Å²) >= 11 is 6.34. The first kappa shape index (κ1) is 31.9. The Bertz CT molecular complexity index is 1360. The summed E-state index contributed by atoms with van der Waals surface area (Å²) in [6.07, 6.45) is -15.5. The number of aryl methyl sites for hydroxylation is 1. The maximum Gasteiger partial charge on any atom is 0.389 e. The molecule has 3 rings (SSSR count). The molecule has 7 nitrogen and oxygen atoms in total. The Morgan fingerprint density at radius 1 is 1.00 bits per heavy atom. The van der Waals surface area contributed by atoms with Crippen molar-refractivity contribution in [2.24, 2.45) is 27.8 Å². The van der Waals surface area contributed by atoms with Gasteiger partial charge in [0.05, 0.1) is 27.8 Å². The monoisotopic (exact) mass is 604 g/mol. The molecule has 1 heterocycles. The van der Waals surface area contributed by atoms with Gasteiger partial charge in [-0.2, -0.15) is 26.3 Å². The van der Waals surface area contributed by atoms with Crippen LogP contribution in [0.3, 0.4) is 0 Å². The van der Waals surface area contributed by atoms with Gasteiger partial charge in [0, 0.05) is 24.0 Å². The van der Waals surface area contributed by atoms with E-state index in [2.05, 4.69) is 10.3 Å². The second kappa shape index (κ2) is 12.1. The highest BCUT2D eigenvalue weighted by Crippen LogP contribution is 2.46. The minimum Gasteiger partial charge on any atom is -0.369 e. The number of benzodiazepines with no additional fused rings is 1. The number of carbonyl (C=O) groups is 3. The quantitative estimate of drug-likeness (QED) is 0.312. The predicted octanol–water partition coefficient (Wildman–Crippen LogP) is 5.45. The zero-order chi connectivity index (χ0) is 30.8. The van der Waals surface area contributed by atoms with Gasteiger partial charge in [-0.3, -0.25) is 19.4 Å². The van der Waals surface area contributed by atoms with E-state index in [1.54, 1.807) is 31.2 Å². The largest absolute Gasteiger partial charge is 0.389 e. The molecule has 3 amide bonds. The molecule has 0 radical (unpaired) electrons. The van der Waals surface area contributed by atoms with Crippen LogP contribution in [0.5, 0.6) is 0 Å². The van der Waals surface area contributed by atoms with Gasteiger partial charge in [-0.25, -0.2) is 0 Å². The van der Waals surface area contributed by atoms with Crippen molar-refractivity contribution in [2.45, 2.75) is 57.4 Å². The van der Waals surface area contributed by atoms with Crippen LogP contribution >= 0.6 is 11.6 Å². The van der Waals surface area contributed by atoms with Gasteiger partial charge < -0.3 is 16.8 Å². The number of nitrogens with two attached hydrogens (primary N) is 2. The van der Waals surface area contributed by atoms with Crippen LogP contribution in [0, 0.1) is 18.3 Å². The average Bonchev–Trinajstić information content (AvgIpc) is 2.99. The molecule has 0 aliphatic carbocycles. The van der Waals surface area contributed by atoms with E-state index in [0.29, 0.717) is 5.56 Å². The van der Waals surface area contributed by atoms with Gasteiger partial charge in [-0.1, -0.05) is 47.5 Å². The lowest BCUT2D eigenvalue weighted by molar-refractivity contribution is -0.158. The summed E-state index contributed by atoms with van der Waals surface area (Å²) in [6.45, 7) is 1.75. The van der Waals surface area contributed by atoms with Crippen LogP contribution in [0.1, 0.15) is 48.8 Å². The molecular formula is C27H27ClF6N4O3. The third kappa shape index (κ3) is 7.38. The molecule has 0 fully saturated rings. The lowest BCUT2D eigenvalue weighted by Gasteiger charge is -2.40. The fourth-order valence-electron chi connectivity index (χ4n) is 5.11. The minimum atomic E-state index is -4.90. The molecule has 1 aliphatic rings. The van der Waals surface area contributed by atoms with E-state index < -0.39 is 79.6 Å². The SMILES string of the molecule is Cc1cccc(C2=N[C@@H](C(CCC(F)(F)F)(C(N)=O)C(CCCC(F)(F)F)C(N)=O)C(=O)Nc3c(Cl)cccc32)c1. The van der Waals surface area contributed by atoms with Crippen molar-refractivity contribution < 1.29 is 40.7 Å². The maximum absolute atomic E-state index is 13.7. The van der Waals surface area contributed by atoms with E-state index in [0.717, 1.165) is 5.56 Å². The molecule has 222 valence electrons. The van der Waals surface area contributed by atoms with Gasteiger partial charge in [0.25, 0.3) is 0 Å². The fraction of sp³-hybridized carbons (Fsp3) is 0.407. The van der Waals surface area contributed by atoms with E-state index in [1.807, 2.05) is 0 Å². The number of nitrogens with zero attached hydrogens (tertiary/aromatic N) is 1. The Balaban J connectivity index is 2.33. The second-order valence-corrected chi connectivity index (χ2v) is 10.3. The van der Waals surface area contributed by atoms with E-state index in [9.17, 15) is 40.7 Å². The van der Waals surface area contributed by atoms with Crippen molar-refractivity contribution in [2.75, 3.05) is 5.32 Å². The molecule has 2 aromatic carbocycles. The van der Waals surface area contributed by atoms with Crippen molar-refractivity contribution in [3.63, 3.8) is 0 Å². The summed E-state index contributed by atoms with van der Waals surface area (Å²) in [5, 5.41) is 2.52. The highest BCUT2D eigenvalue weighted by molar-refractivity contribution is 6.36. The number of anilines is 1. The Hall–Kier alpha value is -3.61. The summed E-state index contributed by atoms with van der Waals surface area (Å²) in [5.41, 5.74) is 9.87. The van der Waals surface area contributed by atoms with E-state index in [1.165, 1.54) is 18.2 Å². The number of carbonyl (C=O) groups excluding carboxylic acids is 3. The number of aliphatic imine (C=N–C) groups is 1. The van der Waals surface area contributed by atoms with Crippen molar-refractivity contribution in [1.82, 2.24) is 0 Å². The first-order chi connectivity index (χ1) is 19.0. The van der Waals surface area contributed by atoms with Gasteiger partial charge in [0.15, 0.2) is 0 Å². The molecular weight excluding hydrogens is 578 g/mol. The topological polar surface area (TPSA) is 128 Å². The minimum absolute atomic E-state index is 0.0313. The molecule has 1 aliphatic heterocycles. The summed E-state index contributed by atoms with van der Waals surface area (Å²) in [4.78, 5) is 44.0. The first-order valence-electron chi connectivity index (χ1n) is 12.4. The fourth-order valence-corrected chi connectivity index (χ4v) is 5.33. The highest BCUT2D eigenvalue weighted by atomic mass is 35.5. The molecule has 0 saturated carbocycles. The van der Waals surface area contributed by atoms with Gasteiger partial charge in [0.1, 0.15) is 6.04 Å². The number of fused-ring (bicyclic) bond motifs is 1. The Labute approximate surface area is 236 Å². The third-order valence-corrected chi connectivity index (χ3v) is 7.32. The number of rotatable bonds is 10. The second-order valence-electron chi connectivity index (χ2n) is 9.88. The van der Waals surface area contributed by atoms with Crippen LogP contribution in [0.2, 0.25) is 5.02 Å². The smallest absolute Gasteiger partial charge is 0.369 e. The summed E-state index contributed by atoms with van der Waals surface area (Å²) in [7, 11) is 0. The van der Waals surface area contributed by atoms with Crippen molar-refractivity contribution >= 4 is 40.7 Å². The number of benzene rings is 2. The lowest BCUT2D eigenvalue weighted by atomic mass is 9.64. The molecule has 0 aromatic heterocycles. The number of primary amides is 2. The number of nitrogens with one attached hydrogen (secondary N) is 1. The Kier molecular flexibility index (Phi) is 9.41. The van der Waals surface area contributed by atoms with Crippen LogP contribution in [0.4, 0.5) is 32.0 Å². The third-order valence-electron chi connectivity index (χ3n) is 7.00. The van der Waals surface area contributed by atoms with Crippen molar-refractivity contribution in [1.29, 1.82) is 0 Å². The zero-order valence-corrected chi connectivity index (χ0v) is 22.5.